The summed E-state index contributed by atoms with van der Waals surface area (Å²) in [6.07, 6.45) is 6.22. The van der Waals surface area contributed by atoms with Crippen LogP contribution in [-0.2, 0) is 9.84 Å². The number of hydrogen-bond acceptors (Lipinski definition) is 6. The average Bonchev–Trinajstić information content (AvgIpc) is 2.89. The summed E-state index contributed by atoms with van der Waals surface area (Å²) in [7, 11) is -1.80. The van der Waals surface area contributed by atoms with Crippen LogP contribution in [-0.4, -0.2) is 41.4 Å². The molecule has 0 aliphatic rings. The van der Waals surface area contributed by atoms with Crippen molar-refractivity contribution in [2.45, 2.75) is 4.90 Å². The van der Waals surface area contributed by atoms with Crippen LogP contribution in [0.15, 0.2) is 41.7 Å². The van der Waals surface area contributed by atoms with Crippen LogP contribution < -0.4 is 4.74 Å². The van der Waals surface area contributed by atoms with Crippen LogP contribution in [0.4, 0.5) is 0 Å². The molecule has 0 bridgehead atoms. The summed E-state index contributed by atoms with van der Waals surface area (Å²) < 4.78 is 30.2. The fourth-order valence-electron chi connectivity index (χ4n) is 2.00. The van der Waals surface area contributed by atoms with Crippen LogP contribution in [0.3, 0.4) is 0 Å². The van der Waals surface area contributed by atoms with Gasteiger partial charge in [-0.3, -0.25) is 4.40 Å². The lowest BCUT2D eigenvalue weighted by Gasteiger charge is -2.08. The van der Waals surface area contributed by atoms with Crippen molar-refractivity contribution in [1.29, 1.82) is 0 Å². The van der Waals surface area contributed by atoms with Crippen LogP contribution in [0, 0.1) is 0 Å². The summed E-state index contributed by atoms with van der Waals surface area (Å²) in [4.78, 5) is 4.54. The molecule has 1 aromatic carbocycles. The van der Waals surface area contributed by atoms with Crippen LogP contribution in [0.1, 0.15) is 0 Å². The highest BCUT2D eigenvalue weighted by molar-refractivity contribution is 7.90. The van der Waals surface area contributed by atoms with Crippen molar-refractivity contribution in [3.05, 3.63) is 36.8 Å². The first-order valence-electron chi connectivity index (χ1n) is 6.04. The Morgan fingerprint density at radius 3 is 2.76 bits per heavy atom. The number of rotatable bonds is 3. The normalized spacial score (nSPS) is 11.7. The number of fused-ring (bicyclic) bond motifs is 1. The predicted molar refractivity (Wildman–Crippen MR) is 75.9 cm³/mol. The van der Waals surface area contributed by atoms with Crippen molar-refractivity contribution in [2.24, 2.45) is 0 Å². The van der Waals surface area contributed by atoms with Gasteiger partial charge in [0.2, 0.25) is 0 Å². The molecule has 8 heteroatoms. The standard InChI is InChI=1S/C13H12N4O3S/c1-20-12-7-9(21(2,18)19)3-4-10(12)11-8-17-6-5-14-16-13(17)15-11/h3-8H,1-2H3. The van der Waals surface area contributed by atoms with Gasteiger partial charge in [-0.05, 0) is 18.2 Å². The lowest BCUT2D eigenvalue weighted by Crippen LogP contribution is -1.98. The second-order valence-corrected chi connectivity index (χ2v) is 6.50. The molecule has 3 aromatic rings. The Morgan fingerprint density at radius 2 is 2.10 bits per heavy atom. The molecule has 0 fully saturated rings. The minimum absolute atomic E-state index is 0.201. The summed E-state index contributed by atoms with van der Waals surface area (Å²) in [6.45, 7) is 0. The molecule has 21 heavy (non-hydrogen) atoms. The summed E-state index contributed by atoms with van der Waals surface area (Å²) >= 11 is 0. The number of methoxy groups -OCH3 is 1. The first kappa shape index (κ1) is 13.5. The van der Waals surface area contributed by atoms with E-state index in [0.29, 0.717) is 22.8 Å². The van der Waals surface area contributed by atoms with Crippen molar-refractivity contribution >= 4 is 15.6 Å². The summed E-state index contributed by atoms with van der Waals surface area (Å²) in [5.74, 6) is 0.899. The Kier molecular flexibility index (Phi) is 3.09. The molecule has 0 atom stereocenters. The Balaban J connectivity index is 2.17. The number of imidazole rings is 1. The zero-order valence-corrected chi connectivity index (χ0v) is 12.2. The smallest absolute Gasteiger partial charge is 0.254 e. The highest BCUT2D eigenvalue weighted by Crippen LogP contribution is 2.31. The van der Waals surface area contributed by atoms with E-state index in [9.17, 15) is 8.42 Å². The number of benzene rings is 1. The molecule has 3 rings (SSSR count). The minimum Gasteiger partial charge on any atom is -0.496 e. The fraction of sp³-hybridized carbons (Fsp3) is 0.154. The van der Waals surface area contributed by atoms with Crippen LogP contribution >= 0.6 is 0 Å². The molecule has 2 heterocycles. The van der Waals surface area contributed by atoms with Crippen LogP contribution in [0.5, 0.6) is 5.75 Å². The van der Waals surface area contributed by atoms with E-state index in [2.05, 4.69) is 15.2 Å². The van der Waals surface area contributed by atoms with E-state index >= 15 is 0 Å². The predicted octanol–water partition coefficient (Wildman–Crippen LogP) is 1.20. The third kappa shape index (κ3) is 2.45. The number of ether oxygens (including phenoxy) is 1. The highest BCUT2D eigenvalue weighted by atomic mass is 32.2. The zero-order valence-electron chi connectivity index (χ0n) is 11.4. The Bertz CT molecular complexity index is 885. The van der Waals surface area contributed by atoms with Gasteiger partial charge in [0.05, 0.1) is 23.9 Å². The second kappa shape index (κ2) is 4.81. The van der Waals surface area contributed by atoms with Gasteiger partial charge in [-0.15, -0.1) is 5.10 Å². The van der Waals surface area contributed by atoms with E-state index in [-0.39, 0.29) is 4.90 Å². The topological polar surface area (TPSA) is 86.5 Å². The molecular formula is C13H12N4O3S. The largest absolute Gasteiger partial charge is 0.496 e. The Hall–Kier alpha value is -2.48. The quantitative estimate of drug-likeness (QED) is 0.722. The lowest BCUT2D eigenvalue weighted by molar-refractivity contribution is 0.415. The third-order valence-corrected chi connectivity index (χ3v) is 4.14. The van der Waals surface area contributed by atoms with Crippen molar-refractivity contribution in [3.8, 4) is 17.0 Å². The molecule has 0 N–H and O–H groups in total. The van der Waals surface area contributed by atoms with Gasteiger partial charge in [-0.1, -0.05) is 0 Å². The van der Waals surface area contributed by atoms with Gasteiger partial charge >= 0.3 is 0 Å². The van der Waals surface area contributed by atoms with Crippen molar-refractivity contribution < 1.29 is 13.2 Å². The maximum Gasteiger partial charge on any atom is 0.254 e. The molecule has 0 radical (unpaired) electrons. The molecule has 2 aromatic heterocycles. The van der Waals surface area contributed by atoms with E-state index in [4.69, 9.17) is 4.74 Å². The average molecular weight is 304 g/mol. The Labute approximate surface area is 121 Å². The van der Waals surface area contributed by atoms with Gasteiger partial charge in [0, 0.05) is 24.2 Å². The van der Waals surface area contributed by atoms with E-state index in [1.165, 1.54) is 19.2 Å². The molecule has 0 saturated heterocycles. The molecule has 7 nitrogen and oxygen atoms in total. The maximum absolute atomic E-state index is 11.6. The maximum atomic E-state index is 11.6. The molecule has 0 unspecified atom stereocenters. The summed E-state index contributed by atoms with van der Waals surface area (Å²) in [5.41, 5.74) is 1.32. The van der Waals surface area contributed by atoms with Crippen molar-refractivity contribution in [2.75, 3.05) is 13.4 Å². The number of hydrogen-bond donors (Lipinski definition) is 0. The molecule has 0 saturated carbocycles. The first-order chi connectivity index (χ1) is 9.99. The summed E-state index contributed by atoms with van der Waals surface area (Å²) in [5, 5.41) is 7.67. The van der Waals surface area contributed by atoms with E-state index in [0.717, 1.165) is 6.26 Å². The van der Waals surface area contributed by atoms with Gasteiger partial charge < -0.3 is 4.74 Å². The molecule has 0 aliphatic carbocycles. The SMILES string of the molecule is COc1cc(S(C)(=O)=O)ccc1-c1cn2ccnnc2n1. The van der Waals surface area contributed by atoms with Gasteiger partial charge in [0.25, 0.3) is 5.78 Å². The highest BCUT2D eigenvalue weighted by Gasteiger charge is 2.15. The van der Waals surface area contributed by atoms with Gasteiger partial charge in [0.1, 0.15) is 5.75 Å². The molecule has 0 amide bonds. The van der Waals surface area contributed by atoms with E-state index in [1.54, 1.807) is 29.1 Å². The molecular weight excluding hydrogens is 292 g/mol. The minimum atomic E-state index is -3.29. The van der Waals surface area contributed by atoms with Gasteiger partial charge in [-0.25, -0.2) is 13.4 Å². The number of aromatic nitrogens is 4. The fourth-order valence-corrected chi connectivity index (χ4v) is 2.63. The number of sulfone groups is 1. The zero-order chi connectivity index (χ0) is 15.0. The number of nitrogens with zero attached hydrogens (tertiary/aromatic N) is 4. The van der Waals surface area contributed by atoms with Crippen molar-refractivity contribution in [3.63, 3.8) is 0 Å². The van der Waals surface area contributed by atoms with Crippen LogP contribution in [0.2, 0.25) is 0 Å². The lowest BCUT2D eigenvalue weighted by atomic mass is 10.1. The van der Waals surface area contributed by atoms with E-state index in [1.807, 2.05) is 0 Å². The second-order valence-electron chi connectivity index (χ2n) is 4.48. The first-order valence-corrected chi connectivity index (χ1v) is 7.93. The van der Waals surface area contributed by atoms with Crippen molar-refractivity contribution in [1.82, 2.24) is 19.6 Å². The Morgan fingerprint density at radius 1 is 1.29 bits per heavy atom. The third-order valence-electron chi connectivity index (χ3n) is 3.03. The van der Waals surface area contributed by atoms with Gasteiger partial charge in [-0.2, -0.15) is 5.10 Å². The molecule has 0 aliphatic heterocycles. The monoisotopic (exact) mass is 304 g/mol. The summed E-state index contributed by atoms with van der Waals surface area (Å²) in [6, 6.07) is 4.69. The van der Waals surface area contributed by atoms with Crippen LogP contribution in [0.25, 0.3) is 17.0 Å². The molecule has 108 valence electrons. The van der Waals surface area contributed by atoms with E-state index < -0.39 is 9.84 Å². The molecule has 0 spiro atoms. The van der Waals surface area contributed by atoms with Gasteiger partial charge in [0.15, 0.2) is 9.84 Å².